The zero-order valence-corrected chi connectivity index (χ0v) is 18.5. The molecule has 3 aromatic rings. The third-order valence-corrected chi connectivity index (χ3v) is 4.63. The fourth-order valence-electron chi connectivity index (χ4n) is 2.53. The lowest BCUT2D eigenvalue weighted by Gasteiger charge is -2.11. The molecule has 0 saturated heterocycles. The highest BCUT2D eigenvalue weighted by Gasteiger charge is 2.13. The summed E-state index contributed by atoms with van der Waals surface area (Å²) in [5.41, 5.74) is 4.77. The summed E-state index contributed by atoms with van der Waals surface area (Å²) >= 11 is 3.33. The van der Waals surface area contributed by atoms with Crippen molar-refractivity contribution < 1.29 is 19.1 Å². The van der Waals surface area contributed by atoms with Crippen LogP contribution in [0, 0.1) is 6.92 Å². The Morgan fingerprint density at radius 3 is 2.48 bits per heavy atom. The second kappa shape index (κ2) is 10.5. The Balaban J connectivity index is 1.69. The van der Waals surface area contributed by atoms with Gasteiger partial charge in [0, 0.05) is 16.4 Å². The smallest absolute Gasteiger partial charge is 0.343 e. The normalized spacial score (nSPS) is 10.7. The zero-order valence-electron chi connectivity index (χ0n) is 17.0. The molecule has 0 aliphatic carbocycles. The number of esters is 1. The molecule has 1 amide bonds. The Labute approximate surface area is 188 Å². The molecule has 3 rings (SSSR count). The van der Waals surface area contributed by atoms with Gasteiger partial charge in [-0.2, -0.15) is 5.10 Å². The maximum Gasteiger partial charge on any atom is 0.343 e. The minimum atomic E-state index is -0.492. The molecule has 1 N–H and O–H groups in total. The van der Waals surface area contributed by atoms with E-state index < -0.39 is 5.97 Å². The highest BCUT2D eigenvalue weighted by Crippen LogP contribution is 2.29. The number of nitrogens with one attached hydrogen (secondary N) is 1. The first kappa shape index (κ1) is 22.2. The van der Waals surface area contributed by atoms with Gasteiger partial charge in [0.05, 0.1) is 23.9 Å². The van der Waals surface area contributed by atoms with Gasteiger partial charge in [-0.15, -0.1) is 0 Å². The van der Waals surface area contributed by atoms with Crippen molar-refractivity contribution in [3.05, 3.63) is 87.7 Å². The Kier molecular flexibility index (Phi) is 7.50. The van der Waals surface area contributed by atoms with Crippen LogP contribution in [-0.2, 0) is 0 Å². The minimum Gasteiger partial charge on any atom is -0.490 e. The van der Waals surface area contributed by atoms with E-state index in [0.717, 1.165) is 10.2 Å². The van der Waals surface area contributed by atoms with E-state index >= 15 is 0 Å². The number of hydrogen-bond donors (Lipinski definition) is 1. The first-order valence-electron chi connectivity index (χ1n) is 9.47. The SMILES string of the molecule is CCOc1cc(/C=N\NC(=O)c2ccc(C)nc2)ccc1OC(=O)c1ccc(Br)cc1. The summed E-state index contributed by atoms with van der Waals surface area (Å²) in [5, 5.41) is 3.97. The van der Waals surface area contributed by atoms with Gasteiger partial charge in [-0.3, -0.25) is 9.78 Å². The number of pyridine rings is 1. The van der Waals surface area contributed by atoms with Gasteiger partial charge in [0.1, 0.15) is 0 Å². The van der Waals surface area contributed by atoms with Crippen LogP contribution in [-0.4, -0.2) is 29.7 Å². The third kappa shape index (κ3) is 6.23. The van der Waals surface area contributed by atoms with Gasteiger partial charge in [-0.05, 0) is 74.0 Å². The van der Waals surface area contributed by atoms with Crippen molar-refractivity contribution in [3.8, 4) is 11.5 Å². The van der Waals surface area contributed by atoms with Crippen molar-refractivity contribution in [2.45, 2.75) is 13.8 Å². The number of hydrazone groups is 1. The summed E-state index contributed by atoms with van der Waals surface area (Å²) < 4.78 is 12.0. The van der Waals surface area contributed by atoms with Crippen molar-refractivity contribution in [2.24, 2.45) is 5.10 Å². The number of aromatic nitrogens is 1. The number of hydrogen-bond acceptors (Lipinski definition) is 6. The third-order valence-electron chi connectivity index (χ3n) is 4.10. The van der Waals surface area contributed by atoms with Crippen molar-refractivity contribution in [1.29, 1.82) is 0 Å². The van der Waals surface area contributed by atoms with E-state index in [1.807, 2.05) is 13.8 Å². The van der Waals surface area contributed by atoms with E-state index in [1.54, 1.807) is 54.6 Å². The molecule has 0 atom stereocenters. The van der Waals surface area contributed by atoms with E-state index in [-0.39, 0.29) is 5.91 Å². The average Bonchev–Trinajstić information content (AvgIpc) is 2.76. The van der Waals surface area contributed by atoms with E-state index in [4.69, 9.17) is 9.47 Å². The van der Waals surface area contributed by atoms with E-state index in [2.05, 4.69) is 31.4 Å². The number of carbonyl (C=O) groups excluding carboxylic acids is 2. The predicted octanol–water partition coefficient (Wildman–Crippen LogP) is 4.53. The van der Waals surface area contributed by atoms with Crippen molar-refractivity contribution >= 4 is 34.0 Å². The summed E-state index contributed by atoms with van der Waals surface area (Å²) in [5.74, 6) is -0.171. The first-order chi connectivity index (χ1) is 15.0. The van der Waals surface area contributed by atoms with Gasteiger partial charge >= 0.3 is 5.97 Å². The number of carbonyl (C=O) groups is 2. The Hall–Kier alpha value is -3.52. The summed E-state index contributed by atoms with van der Waals surface area (Å²) in [6, 6.07) is 15.3. The van der Waals surface area contributed by atoms with Crippen molar-refractivity contribution in [1.82, 2.24) is 10.4 Å². The Bertz CT molecular complexity index is 1100. The standard InChI is InChI=1S/C23H20BrN3O4/c1-3-30-21-12-16(13-26-27-22(28)18-6-4-15(2)25-14-18)5-11-20(21)31-23(29)17-7-9-19(24)10-8-17/h4-14H,3H2,1-2H3,(H,27,28)/b26-13-. The topological polar surface area (TPSA) is 89.9 Å². The second-order valence-electron chi connectivity index (χ2n) is 6.42. The maximum atomic E-state index is 12.4. The molecule has 8 heteroatoms. The van der Waals surface area contributed by atoms with Gasteiger partial charge in [0.15, 0.2) is 11.5 Å². The highest BCUT2D eigenvalue weighted by atomic mass is 79.9. The summed E-state index contributed by atoms with van der Waals surface area (Å²) in [6.45, 7) is 4.06. The molecule has 1 heterocycles. The van der Waals surface area contributed by atoms with E-state index in [1.165, 1.54) is 12.4 Å². The second-order valence-corrected chi connectivity index (χ2v) is 7.34. The summed E-state index contributed by atoms with van der Waals surface area (Å²) in [6.07, 6.45) is 2.96. The fourth-order valence-corrected chi connectivity index (χ4v) is 2.80. The summed E-state index contributed by atoms with van der Waals surface area (Å²) in [7, 11) is 0. The van der Waals surface area contributed by atoms with Crippen molar-refractivity contribution in [3.63, 3.8) is 0 Å². The molecule has 0 aliphatic rings. The molecule has 0 radical (unpaired) electrons. The van der Waals surface area contributed by atoms with Crippen LogP contribution in [0.2, 0.25) is 0 Å². The molecule has 7 nitrogen and oxygen atoms in total. The van der Waals surface area contributed by atoms with Crippen LogP contribution >= 0.6 is 15.9 Å². The lowest BCUT2D eigenvalue weighted by molar-refractivity contribution is 0.0728. The number of aryl methyl sites for hydroxylation is 1. The average molecular weight is 482 g/mol. The molecule has 2 aromatic carbocycles. The monoisotopic (exact) mass is 481 g/mol. The molecule has 0 bridgehead atoms. The first-order valence-corrected chi connectivity index (χ1v) is 10.3. The number of halogens is 1. The molecule has 31 heavy (non-hydrogen) atoms. The van der Waals surface area contributed by atoms with Gasteiger partial charge in [0.25, 0.3) is 5.91 Å². The van der Waals surface area contributed by atoms with E-state index in [0.29, 0.717) is 34.8 Å². The molecule has 1 aromatic heterocycles. The minimum absolute atomic E-state index is 0.293. The lowest BCUT2D eigenvalue weighted by Crippen LogP contribution is -2.17. The molecule has 0 fully saturated rings. The van der Waals surface area contributed by atoms with Crippen molar-refractivity contribution in [2.75, 3.05) is 6.61 Å². The quantitative estimate of drug-likeness (QED) is 0.231. The molecule has 158 valence electrons. The van der Waals surface area contributed by atoms with Crippen LogP contribution in [0.1, 0.15) is 38.9 Å². The highest BCUT2D eigenvalue weighted by molar-refractivity contribution is 9.10. The Morgan fingerprint density at radius 2 is 1.81 bits per heavy atom. The summed E-state index contributed by atoms with van der Waals surface area (Å²) in [4.78, 5) is 28.6. The Morgan fingerprint density at radius 1 is 1.06 bits per heavy atom. The number of nitrogens with zero attached hydrogens (tertiary/aromatic N) is 2. The fraction of sp³-hybridized carbons (Fsp3) is 0.130. The van der Waals surface area contributed by atoms with Gasteiger partial charge in [0.2, 0.25) is 0 Å². The van der Waals surface area contributed by atoms with Crippen LogP contribution in [0.5, 0.6) is 11.5 Å². The predicted molar refractivity (Wildman–Crippen MR) is 121 cm³/mol. The zero-order chi connectivity index (χ0) is 22.2. The number of rotatable bonds is 7. The van der Waals surface area contributed by atoms with Crippen LogP contribution < -0.4 is 14.9 Å². The number of benzene rings is 2. The maximum absolute atomic E-state index is 12.4. The lowest BCUT2D eigenvalue weighted by atomic mass is 10.2. The van der Waals surface area contributed by atoms with Crippen LogP contribution in [0.4, 0.5) is 0 Å². The number of amides is 1. The molecule has 0 spiro atoms. The molecular weight excluding hydrogens is 462 g/mol. The van der Waals surface area contributed by atoms with Gasteiger partial charge < -0.3 is 9.47 Å². The van der Waals surface area contributed by atoms with Crippen LogP contribution in [0.25, 0.3) is 0 Å². The van der Waals surface area contributed by atoms with E-state index in [9.17, 15) is 9.59 Å². The molecule has 0 unspecified atom stereocenters. The molecule has 0 aliphatic heterocycles. The van der Waals surface area contributed by atoms with Crippen LogP contribution in [0.3, 0.4) is 0 Å². The number of ether oxygens (including phenoxy) is 2. The van der Waals surface area contributed by atoms with Gasteiger partial charge in [-0.1, -0.05) is 15.9 Å². The largest absolute Gasteiger partial charge is 0.490 e. The molecular formula is C23H20BrN3O4. The molecule has 0 saturated carbocycles. The van der Waals surface area contributed by atoms with Gasteiger partial charge in [-0.25, -0.2) is 10.2 Å². The van der Waals surface area contributed by atoms with Crippen LogP contribution in [0.15, 0.2) is 70.4 Å².